The first-order chi connectivity index (χ1) is 0. The molecule has 0 heterocycles. The molecular formula is FeO4-5. The van der Waals surface area contributed by atoms with Crippen LogP contribution in [0.2, 0.25) is 0 Å². The molecule has 0 fully saturated rings. The van der Waals surface area contributed by atoms with Gasteiger partial charge < -0.3 is 21.9 Å². The van der Waals surface area contributed by atoms with E-state index >= 15 is 0 Å². The van der Waals surface area contributed by atoms with Crippen LogP contribution in [0.25, 0.3) is 0 Å². The van der Waals surface area contributed by atoms with E-state index in [0.29, 0.717) is 0 Å². The Morgan fingerprint density at radius 2 is 0.400 bits per heavy atom. The second kappa shape index (κ2) is 381. The molecule has 0 aromatic rings. The zero-order valence-corrected chi connectivity index (χ0v) is 3.09. The molecule has 0 atom stereocenters. The minimum atomic E-state index is 0. The molecule has 0 aromatic carbocycles. The van der Waals surface area contributed by atoms with Gasteiger partial charge in [0.15, 0.2) is 0 Å². The van der Waals surface area contributed by atoms with Crippen molar-refractivity contribution in [2.24, 2.45) is 0 Å². The van der Waals surface area contributed by atoms with E-state index in [1.807, 2.05) is 0 Å². The van der Waals surface area contributed by atoms with Crippen LogP contribution in [0.5, 0.6) is 0 Å². The number of rotatable bonds is 0. The van der Waals surface area contributed by atoms with Gasteiger partial charge in [0.2, 0.25) is 0 Å². The fourth-order valence-corrected chi connectivity index (χ4v) is 0. The van der Waals surface area contributed by atoms with Crippen molar-refractivity contribution >= 4 is 0 Å². The molecule has 0 amide bonds. The molecule has 4 nitrogen and oxygen atoms in total. The van der Waals surface area contributed by atoms with Crippen molar-refractivity contribution in [3.05, 3.63) is 0 Å². The molecule has 0 saturated carbocycles. The molecule has 0 N–H and O–H groups in total. The van der Waals surface area contributed by atoms with Crippen molar-refractivity contribution in [2.45, 2.75) is 0 Å². The first-order valence-electron chi connectivity index (χ1n) is 0. The van der Waals surface area contributed by atoms with Crippen LogP contribution in [0, 0.1) is 0 Å². The largest absolute Gasteiger partial charge is 3.00 e. The predicted molar refractivity (Wildman–Crippen MR) is 2.75 cm³/mol. The van der Waals surface area contributed by atoms with Crippen LogP contribution in [-0.4, -0.2) is 0 Å². The molecular weight excluding hydrogens is 120 g/mol. The Labute approximate surface area is 39.9 Å². The van der Waals surface area contributed by atoms with E-state index < -0.39 is 0 Å². The zero-order valence-electron chi connectivity index (χ0n) is 1.99. The van der Waals surface area contributed by atoms with Crippen molar-refractivity contribution in [3.8, 4) is 0 Å². The monoisotopic (exact) mass is 120 g/mol. The molecule has 0 aliphatic heterocycles. The standard InChI is InChI=1S/Fe.4O/q+3;4*-2. The van der Waals surface area contributed by atoms with Gasteiger partial charge in [0.25, 0.3) is 0 Å². The van der Waals surface area contributed by atoms with Gasteiger partial charge >= 0.3 is 17.1 Å². The second-order valence-electron chi connectivity index (χ2n) is 0. The summed E-state index contributed by atoms with van der Waals surface area (Å²) in [6, 6.07) is 0. The maximum absolute atomic E-state index is 0. The Kier molecular flexibility index (Phi) is 60000. The molecule has 0 aromatic heterocycles. The van der Waals surface area contributed by atoms with Crippen LogP contribution in [0.3, 0.4) is 0 Å². The van der Waals surface area contributed by atoms with Crippen LogP contribution in [0.4, 0.5) is 0 Å². The summed E-state index contributed by atoms with van der Waals surface area (Å²) in [5.74, 6) is 0. The van der Waals surface area contributed by atoms with Gasteiger partial charge in [-0.3, -0.25) is 0 Å². The fourth-order valence-electron chi connectivity index (χ4n) is 0. The Morgan fingerprint density at radius 3 is 0.400 bits per heavy atom. The maximum atomic E-state index is 0. The van der Waals surface area contributed by atoms with Gasteiger partial charge in [0, 0.05) is 0 Å². The van der Waals surface area contributed by atoms with Crippen LogP contribution >= 0.6 is 0 Å². The van der Waals surface area contributed by atoms with Crippen molar-refractivity contribution in [1.82, 2.24) is 0 Å². The molecule has 0 rings (SSSR count). The topological polar surface area (TPSA) is 114 Å². The van der Waals surface area contributed by atoms with Crippen LogP contribution < -0.4 is 0 Å². The van der Waals surface area contributed by atoms with Crippen molar-refractivity contribution in [1.29, 1.82) is 0 Å². The maximum Gasteiger partial charge on any atom is 3.00 e. The molecule has 1 radical (unpaired) electrons. The van der Waals surface area contributed by atoms with E-state index in [-0.39, 0.29) is 39.0 Å². The summed E-state index contributed by atoms with van der Waals surface area (Å²) in [7, 11) is 0. The Bertz CT molecular complexity index is 3.61. The third kappa shape index (κ3) is 188. The van der Waals surface area contributed by atoms with Crippen LogP contribution in [-0.2, 0) is 39.0 Å². The minimum Gasteiger partial charge on any atom is -2.00 e. The first-order valence-corrected chi connectivity index (χ1v) is 0. The summed E-state index contributed by atoms with van der Waals surface area (Å²) in [4.78, 5) is 0. The van der Waals surface area contributed by atoms with E-state index in [1.165, 1.54) is 0 Å². The van der Waals surface area contributed by atoms with Crippen LogP contribution in [0.1, 0.15) is 0 Å². The van der Waals surface area contributed by atoms with Gasteiger partial charge in [-0.1, -0.05) is 0 Å². The summed E-state index contributed by atoms with van der Waals surface area (Å²) >= 11 is 0. The molecule has 0 saturated heterocycles. The third-order valence-corrected chi connectivity index (χ3v) is 0. The van der Waals surface area contributed by atoms with Gasteiger partial charge in [0.05, 0.1) is 0 Å². The van der Waals surface area contributed by atoms with E-state index in [0.717, 1.165) is 0 Å². The fraction of sp³-hybridized carbons (Fsp3) is 0. The predicted octanol–water partition coefficient (Wildman–Crippen LogP) is -0.478. The summed E-state index contributed by atoms with van der Waals surface area (Å²) in [6.45, 7) is 0. The molecule has 0 spiro atoms. The van der Waals surface area contributed by atoms with Crippen LogP contribution in [0.15, 0.2) is 0 Å². The van der Waals surface area contributed by atoms with E-state index in [1.54, 1.807) is 0 Å². The quantitative estimate of drug-likeness (QED) is 0.384. The summed E-state index contributed by atoms with van der Waals surface area (Å²) < 4.78 is 0. The molecule has 0 aliphatic carbocycles. The average molecular weight is 120 g/mol. The van der Waals surface area contributed by atoms with E-state index in [2.05, 4.69) is 0 Å². The Hall–Kier alpha value is 0.359. The zero-order chi connectivity index (χ0) is 0. The normalized spacial score (nSPS) is 0. The van der Waals surface area contributed by atoms with Gasteiger partial charge in [-0.05, 0) is 0 Å². The Balaban J connectivity index is 0. The van der Waals surface area contributed by atoms with Crippen molar-refractivity contribution in [3.63, 3.8) is 0 Å². The third-order valence-electron chi connectivity index (χ3n) is 0. The van der Waals surface area contributed by atoms with Gasteiger partial charge in [-0.15, -0.1) is 0 Å². The summed E-state index contributed by atoms with van der Waals surface area (Å²) in [5, 5.41) is 0. The Morgan fingerprint density at radius 1 is 0.400 bits per heavy atom. The van der Waals surface area contributed by atoms with Gasteiger partial charge in [0.1, 0.15) is 0 Å². The van der Waals surface area contributed by atoms with Gasteiger partial charge in [-0.25, -0.2) is 0 Å². The average Bonchev–Trinajstić information content (AvgIpc) is 0. The SMILES string of the molecule is [Fe+3].[O-2].[O-2].[O-2].[O-2]. The van der Waals surface area contributed by atoms with Crippen molar-refractivity contribution in [2.75, 3.05) is 0 Å². The molecule has 0 unspecified atom stereocenters. The van der Waals surface area contributed by atoms with E-state index in [9.17, 15) is 0 Å². The first kappa shape index (κ1) is 788. The van der Waals surface area contributed by atoms with Gasteiger partial charge in [-0.2, -0.15) is 0 Å². The summed E-state index contributed by atoms with van der Waals surface area (Å²) in [5.41, 5.74) is 0. The van der Waals surface area contributed by atoms with E-state index in [4.69, 9.17) is 0 Å². The molecule has 0 aliphatic rings. The minimum absolute atomic E-state index is 0. The number of hydrogen-bond donors (Lipinski definition) is 0. The molecule has 0 bridgehead atoms. The van der Waals surface area contributed by atoms with Crippen molar-refractivity contribution < 1.29 is 39.0 Å². The number of hydrogen-bond acceptors (Lipinski definition) is 0. The molecule has 5 heteroatoms. The second-order valence-corrected chi connectivity index (χ2v) is 0. The molecule has 37 valence electrons. The molecule has 5 heavy (non-hydrogen) atoms. The summed E-state index contributed by atoms with van der Waals surface area (Å²) in [6.07, 6.45) is 0. The smallest absolute Gasteiger partial charge is 2.00 e.